The van der Waals surface area contributed by atoms with E-state index in [1.54, 1.807) is 26.1 Å². The number of carbonyl (C=O) groups is 1. The Morgan fingerprint density at radius 2 is 2.21 bits per heavy atom. The summed E-state index contributed by atoms with van der Waals surface area (Å²) in [6.07, 6.45) is 0.398. The summed E-state index contributed by atoms with van der Waals surface area (Å²) in [4.78, 5) is 17.5. The third-order valence-corrected chi connectivity index (χ3v) is 3.03. The fourth-order valence-corrected chi connectivity index (χ4v) is 1.92. The highest BCUT2D eigenvalue weighted by Gasteiger charge is 2.11. The van der Waals surface area contributed by atoms with Crippen LogP contribution in [0.5, 0.6) is 5.75 Å². The number of anilines is 1. The molecule has 0 radical (unpaired) electrons. The van der Waals surface area contributed by atoms with Crippen LogP contribution in [0.15, 0.2) is 18.2 Å². The second-order valence-corrected chi connectivity index (χ2v) is 4.51. The molecule has 0 spiro atoms. The number of carbonyl (C=O) groups excluding carboxylic acids is 1. The molecule has 1 aromatic carbocycles. The number of hydrogen-bond acceptors (Lipinski definition) is 4. The van der Waals surface area contributed by atoms with E-state index in [1.807, 2.05) is 22.8 Å². The lowest BCUT2D eigenvalue weighted by Crippen LogP contribution is -2.23. The van der Waals surface area contributed by atoms with Crippen molar-refractivity contribution in [2.45, 2.75) is 13.0 Å². The van der Waals surface area contributed by atoms with E-state index < -0.39 is 0 Å². The van der Waals surface area contributed by atoms with Gasteiger partial charge in [0.25, 0.3) is 0 Å². The number of benzene rings is 1. The lowest BCUT2D eigenvalue weighted by atomic mass is 10.3. The van der Waals surface area contributed by atoms with Crippen molar-refractivity contribution in [1.82, 2.24) is 14.5 Å². The Labute approximate surface area is 111 Å². The molecule has 0 saturated carbocycles. The molecule has 102 valence electrons. The van der Waals surface area contributed by atoms with Crippen molar-refractivity contribution in [3.8, 4) is 5.75 Å². The molecule has 0 aliphatic carbocycles. The van der Waals surface area contributed by atoms with E-state index in [0.717, 1.165) is 16.8 Å². The third-order valence-electron chi connectivity index (χ3n) is 3.03. The van der Waals surface area contributed by atoms with Crippen LogP contribution < -0.4 is 10.5 Å². The molecule has 1 heterocycles. The Kier molecular flexibility index (Phi) is 3.59. The summed E-state index contributed by atoms with van der Waals surface area (Å²) in [6, 6.07) is 5.58. The van der Waals surface area contributed by atoms with Gasteiger partial charge in [-0.1, -0.05) is 0 Å². The molecule has 2 rings (SSSR count). The van der Waals surface area contributed by atoms with Gasteiger partial charge in [-0.25, -0.2) is 4.98 Å². The average Bonchev–Trinajstić information content (AvgIpc) is 2.70. The molecule has 2 aromatic rings. The SMILES string of the molecule is COc1ccc2c(c1)nc(N)n2CCC(=O)N(C)C. The number of rotatable bonds is 4. The van der Waals surface area contributed by atoms with Crippen molar-refractivity contribution in [3.63, 3.8) is 0 Å². The zero-order valence-electron chi connectivity index (χ0n) is 11.4. The first kappa shape index (κ1) is 13.2. The van der Waals surface area contributed by atoms with Crippen LogP contribution in [0.25, 0.3) is 11.0 Å². The summed E-state index contributed by atoms with van der Waals surface area (Å²) >= 11 is 0. The monoisotopic (exact) mass is 262 g/mol. The van der Waals surface area contributed by atoms with Gasteiger partial charge in [0.1, 0.15) is 5.75 Å². The second-order valence-electron chi connectivity index (χ2n) is 4.51. The maximum Gasteiger partial charge on any atom is 0.223 e. The first-order valence-corrected chi connectivity index (χ1v) is 6.03. The highest BCUT2D eigenvalue weighted by Crippen LogP contribution is 2.23. The quantitative estimate of drug-likeness (QED) is 0.895. The Hall–Kier alpha value is -2.24. The molecule has 2 N–H and O–H groups in total. The van der Waals surface area contributed by atoms with Gasteiger partial charge < -0.3 is 19.9 Å². The number of hydrogen-bond donors (Lipinski definition) is 1. The Bertz CT molecular complexity index is 604. The highest BCUT2D eigenvalue weighted by atomic mass is 16.5. The molecule has 1 amide bonds. The van der Waals surface area contributed by atoms with Crippen LogP contribution in [-0.2, 0) is 11.3 Å². The number of nitrogens with two attached hydrogens (primary N) is 1. The molecule has 0 bridgehead atoms. The standard InChI is InChI=1S/C13H18N4O2/c1-16(2)12(18)6-7-17-11-5-4-9(19-3)8-10(11)15-13(17)14/h4-5,8H,6-7H2,1-3H3,(H2,14,15). The lowest BCUT2D eigenvalue weighted by Gasteiger charge is -2.11. The van der Waals surface area contributed by atoms with Crippen LogP contribution >= 0.6 is 0 Å². The molecular formula is C13H18N4O2. The van der Waals surface area contributed by atoms with Gasteiger partial charge in [0.15, 0.2) is 0 Å². The van der Waals surface area contributed by atoms with Gasteiger partial charge in [0.05, 0.1) is 18.1 Å². The zero-order valence-corrected chi connectivity index (χ0v) is 11.4. The molecule has 0 unspecified atom stereocenters. The van der Waals surface area contributed by atoms with Crippen LogP contribution in [0.1, 0.15) is 6.42 Å². The Morgan fingerprint density at radius 3 is 2.84 bits per heavy atom. The van der Waals surface area contributed by atoms with Crippen molar-refractivity contribution >= 4 is 22.9 Å². The Balaban J connectivity index is 2.28. The second kappa shape index (κ2) is 5.17. The number of amides is 1. The van der Waals surface area contributed by atoms with Crippen molar-refractivity contribution in [3.05, 3.63) is 18.2 Å². The van der Waals surface area contributed by atoms with Gasteiger partial charge in [-0.2, -0.15) is 0 Å². The summed E-state index contributed by atoms with van der Waals surface area (Å²) in [7, 11) is 5.09. The van der Waals surface area contributed by atoms with Gasteiger partial charge in [0, 0.05) is 33.1 Å². The van der Waals surface area contributed by atoms with E-state index in [2.05, 4.69) is 4.98 Å². The number of nitrogen functional groups attached to an aromatic ring is 1. The number of fused-ring (bicyclic) bond motifs is 1. The maximum atomic E-state index is 11.6. The molecule has 6 heteroatoms. The van der Waals surface area contributed by atoms with Crippen LogP contribution in [-0.4, -0.2) is 41.6 Å². The minimum Gasteiger partial charge on any atom is -0.497 e. The normalized spacial score (nSPS) is 10.7. The predicted molar refractivity (Wildman–Crippen MR) is 74.0 cm³/mol. The Morgan fingerprint density at radius 1 is 1.47 bits per heavy atom. The van der Waals surface area contributed by atoms with Crippen LogP contribution in [0.2, 0.25) is 0 Å². The van der Waals surface area contributed by atoms with E-state index in [4.69, 9.17) is 10.5 Å². The van der Waals surface area contributed by atoms with Gasteiger partial charge in [-0.05, 0) is 12.1 Å². The largest absolute Gasteiger partial charge is 0.497 e. The van der Waals surface area contributed by atoms with Crippen LogP contribution in [0, 0.1) is 0 Å². The van der Waals surface area contributed by atoms with Crippen molar-refractivity contribution in [2.24, 2.45) is 0 Å². The molecule has 0 aliphatic heterocycles. The van der Waals surface area contributed by atoms with Gasteiger partial charge >= 0.3 is 0 Å². The van der Waals surface area contributed by atoms with E-state index in [1.165, 1.54) is 0 Å². The molecule has 0 saturated heterocycles. The van der Waals surface area contributed by atoms with Gasteiger partial charge in [-0.3, -0.25) is 4.79 Å². The molecule has 19 heavy (non-hydrogen) atoms. The first-order valence-electron chi connectivity index (χ1n) is 6.03. The molecule has 6 nitrogen and oxygen atoms in total. The van der Waals surface area contributed by atoms with Gasteiger partial charge in [0.2, 0.25) is 11.9 Å². The van der Waals surface area contributed by atoms with E-state index in [9.17, 15) is 4.79 Å². The maximum absolute atomic E-state index is 11.6. The number of methoxy groups -OCH3 is 1. The zero-order chi connectivity index (χ0) is 14.0. The summed E-state index contributed by atoms with van der Waals surface area (Å²) in [5.74, 6) is 1.21. The molecule has 0 fully saturated rings. The van der Waals surface area contributed by atoms with E-state index >= 15 is 0 Å². The smallest absolute Gasteiger partial charge is 0.223 e. The van der Waals surface area contributed by atoms with Crippen molar-refractivity contribution < 1.29 is 9.53 Å². The predicted octanol–water partition coefficient (Wildman–Crippen LogP) is 1.11. The number of nitrogens with zero attached hydrogens (tertiary/aromatic N) is 3. The number of imidazole rings is 1. The molecular weight excluding hydrogens is 244 g/mol. The van der Waals surface area contributed by atoms with Gasteiger partial charge in [-0.15, -0.1) is 0 Å². The first-order chi connectivity index (χ1) is 9.02. The molecule has 0 atom stereocenters. The molecule has 0 aliphatic rings. The summed E-state index contributed by atoms with van der Waals surface area (Å²) in [6.45, 7) is 0.520. The van der Waals surface area contributed by atoms with Crippen molar-refractivity contribution in [1.29, 1.82) is 0 Å². The average molecular weight is 262 g/mol. The lowest BCUT2D eigenvalue weighted by molar-refractivity contribution is -0.128. The molecule has 1 aromatic heterocycles. The number of ether oxygens (including phenoxy) is 1. The minimum atomic E-state index is 0.0646. The summed E-state index contributed by atoms with van der Waals surface area (Å²) in [5.41, 5.74) is 7.57. The van der Waals surface area contributed by atoms with Crippen LogP contribution in [0.3, 0.4) is 0 Å². The van der Waals surface area contributed by atoms with Crippen LogP contribution in [0.4, 0.5) is 5.95 Å². The fourth-order valence-electron chi connectivity index (χ4n) is 1.92. The fraction of sp³-hybridized carbons (Fsp3) is 0.385. The minimum absolute atomic E-state index is 0.0646. The highest BCUT2D eigenvalue weighted by molar-refractivity contribution is 5.80. The third kappa shape index (κ3) is 2.62. The summed E-state index contributed by atoms with van der Waals surface area (Å²) in [5, 5.41) is 0. The van der Waals surface area contributed by atoms with Crippen molar-refractivity contribution in [2.75, 3.05) is 26.9 Å². The number of aromatic nitrogens is 2. The number of aryl methyl sites for hydroxylation is 1. The topological polar surface area (TPSA) is 73.4 Å². The van der Waals surface area contributed by atoms with E-state index in [0.29, 0.717) is 18.9 Å². The van der Waals surface area contributed by atoms with E-state index in [-0.39, 0.29) is 5.91 Å². The summed E-state index contributed by atoms with van der Waals surface area (Å²) < 4.78 is 6.99.